The van der Waals surface area contributed by atoms with Gasteiger partial charge in [-0.3, -0.25) is 4.79 Å². The number of halogens is 7. The van der Waals surface area contributed by atoms with E-state index in [4.69, 9.17) is 46.4 Å². The second-order valence-electron chi connectivity index (χ2n) is 3.81. The van der Waals surface area contributed by atoms with Crippen LogP contribution in [0.1, 0.15) is 5.56 Å². The maximum Gasteiger partial charge on any atom is 0.416 e. The van der Waals surface area contributed by atoms with Gasteiger partial charge in [0.15, 0.2) is 0 Å². The van der Waals surface area contributed by atoms with E-state index in [0.717, 1.165) is 6.20 Å². The Morgan fingerprint density at radius 1 is 1.00 bits per heavy atom. The summed E-state index contributed by atoms with van der Waals surface area (Å²) in [4.78, 5) is 11.9. The highest BCUT2D eigenvalue weighted by Gasteiger charge is 2.32. The lowest BCUT2D eigenvalue weighted by molar-refractivity contribution is -0.137. The summed E-state index contributed by atoms with van der Waals surface area (Å²) in [5, 5.41) is 2.41. The Morgan fingerprint density at radius 3 is 2.00 bits per heavy atom. The van der Waals surface area contributed by atoms with Gasteiger partial charge in [0.1, 0.15) is 10.7 Å². The monoisotopic (exact) mass is 376 g/mol. The fraction of sp³-hybridized carbons (Fsp3) is 0.0909. The second-order valence-corrected chi connectivity index (χ2v) is 5.41. The maximum absolute atomic E-state index is 12.6. The topological polar surface area (TPSA) is 34.9 Å². The molecule has 0 aliphatic heterocycles. The molecule has 21 heavy (non-hydrogen) atoms. The van der Waals surface area contributed by atoms with Gasteiger partial charge in [0.05, 0.1) is 26.8 Å². The molecule has 10 heteroatoms. The summed E-state index contributed by atoms with van der Waals surface area (Å²) >= 11 is 22.8. The number of alkyl halides is 3. The minimum Gasteiger partial charge on any atom is -0.266 e. The first-order valence-corrected chi connectivity index (χ1v) is 6.64. The van der Waals surface area contributed by atoms with Gasteiger partial charge in [-0.25, -0.2) is 0 Å². The molecule has 0 atom stereocenters. The lowest BCUT2D eigenvalue weighted by atomic mass is 10.2. The molecule has 0 saturated carbocycles. The summed E-state index contributed by atoms with van der Waals surface area (Å²) in [7, 11) is 0. The van der Waals surface area contributed by atoms with Crippen LogP contribution in [0.3, 0.4) is 0 Å². The second kappa shape index (κ2) is 5.68. The molecule has 1 aromatic heterocycles. The van der Waals surface area contributed by atoms with Gasteiger partial charge in [-0.1, -0.05) is 46.4 Å². The van der Waals surface area contributed by atoms with Crippen molar-refractivity contribution in [3.63, 3.8) is 0 Å². The normalized spacial score (nSPS) is 11.8. The van der Waals surface area contributed by atoms with Gasteiger partial charge < -0.3 is 0 Å². The molecule has 112 valence electrons. The number of aromatic nitrogens is 2. The Morgan fingerprint density at radius 2 is 1.52 bits per heavy atom. The molecule has 0 aliphatic rings. The number of nitrogens with zero attached hydrogens (tertiary/aromatic N) is 2. The zero-order chi connectivity index (χ0) is 15.9. The third kappa shape index (κ3) is 3.13. The van der Waals surface area contributed by atoms with Gasteiger partial charge in [-0.2, -0.15) is 23.0 Å². The van der Waals surface area contributed by atoms with Crippen molar-refractivity contribution in [1.82, 2.24) is 9.78 Å². The van der Waals surface area contributed by atoms with Crippen LogP contribution in [-0.2, 0) is 6.18 Å². The molecular formula is C11H3Cl4F3N2O. The molecule has 0 bridgehead atoms. The molecular weight excluding hydrogens is 375 g/mol. The molecule has 0 unspecified atom stereocenters. The van der Waals surface area contributed by atoms with Crippen LogP contribution < -0.4 is 5.56 Å². The average molecular weight is 378 g/mol. The van der Waals surface area contributed by atoms with Gasteiger partial charge in [-0.15, -0.1) is 0 Å². The number of hydrogen-bond donors (Lipinski definition) is 0. The Bertz CT molecular complexity index is 750. The lowest BCUT2D eigenvalue weighted by Gasteiger charge is -2.13. The summed E-state index contributed by atoms with van der Waals surface area (Å²) in [6.07, 6.45) is -3.57. The minimum atomic E-state index is -4.62. The summed E-state index contributed by atoms with van der Waals surface area (Å²) in [5.41, 5.74) is -2.11. The van der Waals surface area contributed by atoms with Crippen molar-refractivity contribution in [3.05, 3.63) is 54.3 Å². The Labute approximate surface area is 135 Å². The zero-order valence-corrected chi connectivity index (χ0v) is 12.7. The quantitative estimate of drug-likeness (QED) is 0.710. The van der Waals surface area contributed by atoms with E-state index in [9.17, 15) is 18.0 Å². The van der Waals surface area contributed by atoms with E-state index in [1.54, 1.807) is 0 Å². The Kier molecular flexibility index (Phi) is 4.44. The molecule has 1 aromatic carbocycles. The first-order chi connectivity index (χ1) is 9.62. The van der Waals surface area contributed by atoms with E-state index in [2.05, 4.69) is 5.10 Å². The van der Waals surface area contributed by atoms with Crippen LogP contribution in [-0.4, -0.2) is 9.78 Å². The molecule has 0 amide bonds. The molecule has 0 radical (unpaired) electrons. The van der Waals surface area contributed by atoms with Gasteiger partial charge in [-0.05, 0) is 12.1 Å². The zero-order valence-electron chi connectivity index (χ0n) is 9.68. The highest BCUT2D eigenvalue weighted by Crippen LogP contribution is 2.37. The fourth-order valence-corrected chi connectivity index (χ4v) is 2.40. The summed E-state index contributed by atoms with van der Waals surface area (Å²) in [6.45, 7) is 0. The predicted octanol–water partition coefficient (Wildman–Crippen LogP) is 4.86. The first kappa shape index (κ1) is 16.4. The van der Waals surface area contributed by atoms with Crippen LogP contribution in [0.15, 0.2) is 23.1 Å². The van der Waals surface area contributed by atoms with Crippen molar-refractivity contribution in [2.24, 2.45) is 0 Å². The molecule has 0 saturated heterocycles. The molecule has 0 aliphatic carbocycles. The largest absolute Gasteiger partial charge is 0.416 e. The van der Waals surface area contributed by atoms with E-state index in [1.807, 2.05) is 0 Å². The molecule has 1 heterocycles. The van der Waals surface area contributed by atoms with Crippen LogP contribution in [0, 0.1) is 0 Å². The van der Waals surface area contributed by atoms with Crippen molar-refractivity contribution in [3.8, 4) is 5.69 Å². The first-order valence-electron chi connectivity index (χ1n) is 5.13. The number of hydrogen-bond acceptors (Lipinski definition) is 2. The van der Waals surface area contributed by atoms with Gasteiger partial charge in [0.25, 0.3) is 5.56 Å². The molecule has 0 spiro atoms. The minimum absolute atomic E-state index is 0.0999. The van der Waals surface area contributed by atoms with Crippen LogP contribution in [0.2, 0.25) is 20.1 Å². The van der Waals surface area contributed by atoms with Crippen molar-refractivity contribution in [1.29, 1.82) is 0 Å². The van der Waals surface area contributed by atoms with Gasteiger partial charge in [0, 0.05) is 0 Å². The van der Waals surface area contributed by atoms with E-state index >= 15 is 0 Å². The van der Waals surface area contributed by atoms with E-state index in [0.29, 0.717) is 16.8 Å². The van der Waals surface area contributed by atoms with Crippen LogP contribution >= 0.6 is 46.4 Å². The SMILES string of the molecule is O=c1c(Cl)c(Cl)cnn1-c1c(Cl)cc(C(F)(F)F)cc1Cl. The molecule has 3 nitrogen and oxygen atoms in total. The van der Waals surface area contributed by atoms with Crippen molar-refractivity contribution in [2.45, 2.75) is 6.18 Å². The standard InChI is InChI=1S/C11H3Cl4F3N2O/c12-5-1-4(11(16,17)18)2-6(13)9(5)20-10(21)8(15)7(14)3-19-20/h1-3H. The van der Waals surface area contributed by atoms with Crippen LogP contribution in [0.5, 0.6) is 0 Å². The Hall–Kier alpha value is -0.950. The highest BCUT2D eigenvalue weighted by molar-refractivity contribution is 6.41. The smallest absolute Gasteiger partial charge is 0.266 e. The van der Waals surface area contributed by atoms with E-state index in [1.165, 1.54) is 0 Å². The number of rotatable bonds is 1. The molecule has 0 fully saturated rings. The predicted molar refractivity (Wildman–Crippen MR) is 74.9 cm³/mol. The van der Waals surface area contributed by atoms with Crippen LogP contribution in [0.4, 0.5) is 13.2 Å². The highest BCUT2D eigenvalue weighted by atomic mass is 35.5. The summed E-state index contributed by atoms with van der Waals surface area (Å²) in [6, 6.07) is 1.28. The van der Waals surface area contributed by atoms with Gasteiger partial charge >= 0.3 is 6.18 Å². The number of benzene rings is 1. The van der Waals surface area contributed by atoms with Crippen LogP contribution in [0.25, 0.3) is 5.69 Å². The third-order valence-corrected chi connectivity index (χ3v) is 3.76. The van der Waals surface area contributed by atoms with Gasteiger partial charge in [0.2, 0.25) is 0 Å². The lowest BCUT2D eigenvalue weighted by Crippen LogP contribution is -2.22. The third-order valence-electron chi connectivity index (χ3n) is 2.43. The molecule has 2 rings (SSSR count). The fourth-order valence-electron chi connectivity index (χ4n) is 1.50. The summed E-state index contributed by atoms with van der Waals surface area (Å²) < 4.78 is 38.6. The summed E-state index contributed by atoms with van der Waals surface area (Å²) in [5.74, 6) is 0. The average Bonchev–Trinajstić information content (AvgIpc) is 2.36. The van der Waals surface area contributed by atoms with E-state index < -0.39 is 27.3 Å². The van der Waals surface area contributed by atoms with Crippen molar-refractivity contribution < 1.29 is 13.2 Å². The van der Waals surface area contributed by atoms with Crippen molar-refractivity contribution >= 4 is 46.4 Å². The van der Waals surface area contributed by atoms with E-state index in [-0.39, 0.29) is 15.7 Å². The van der Waals surface area contributed by atoms with Crippen molar-refractivity contribution in [2.75, 3.05) is 0 Å². The Balaban J connectivity index is 2.72. The molecule has 2 aromatic rings. The molecule has 0 N–H and O–H groups in total. The maximum atomic E-state index is 12.6.